The highest BCUT2D eigenvalue weighted by Gasteiger charge is 2.66. The lowest BCUT2D eigenvalue weighted by molar-refractivity contribution is -0.166. The number of rotatable bonds is 9. The van der Waals surface area contributed by atoms with E-state index in [1.165, 1.54) is 0 Å². The van der Waals surface area contributed by atoms with Gasteiger partial charge in [0.2, 0.25) is 0 Å². The summed E-state index contributed by atoms with van der Waals surface area (Å²) < 4.78 is 74.8. The highest BCUT2D eigenvalue weighted by atomic mass is 32.2. The number of fused-ring (bicyclic) bond motifs is 5. The number of halogens is 3. The van der Waals surface area contributed by atoms with E-state index in [0.29, 0.717) is 38.5 Å². The minimum Gasteiger partial charge on any atom is -0.466 e. The monoisotopic (exact) mass is 592 g/mol. The summed E-state index contributed by atoms with van der Waals surface area (Å²) in [6.07, 6.45) is -0.339. The van der Waals surface area contributed by atoms with Crippen LogP contribution in [0.25, 0.3) is 0 Å². The average Bonchev–Trinajstić information content (AvgIpc) is 3.22. The standard InChI is InChI=1S/C28H39F3O8S/c1-15(4-7-24(35)39-11-9-22(29)28(30,31)40(36,37)38)18-5-6-19-25-20(14-23(34)27(18,19)3)26(2)10-8-17(32)12-16(26)13-21(25)33/h15-16,18-20,22,25H,4-14H2,1-3H3,(H,36,37,38). The van der Waals surface area contributed by atoms with Gasteiger partial charge in [0, 0.05) is 49.9 Å². The molecule has 4 aliphatic rings. The Labute approximate surface area is 232 Å². The van der Waals surface area contributed by atoms with Crippen LogP contribution in [-0.4, -0.2) is 54.3 Å². The first-order valence-corrected chi connectivity index (χ1v) is 15.6. The van der Waals surface area contributed by atoms with Gasteiger partial charge in [-0.1, -0.05) is 20.8 Å². The highest BCUT2D eigenvalue weighted by molar-refractivity contribution is 7.86. The minimum absolute atomic E-state index is 0.00580. The summed E-state index contributed by atoms with van der Waals surface area (Å²) in [5.74, 6) is -0.802. The normalized spacial score (nSPS) is 37.8. The van der Waals surface area contributed by atoms with Crippen LogP contribution < -0.4 is 0 Å². The first kappa shape index (κ1) is 31.1. The Kier molecular flexibility index (Phi) is 8.39. The Morgan fingerprint density at radius 1 is 1.10 bits per heavy atom. The molecule has 0 aromatic heterocycles. The fourth-order valence-electron chi connectivity index (χ4n) is 8.61. The molecule has 4 saturated carbocycles. The van der Waals surface area contributed by atoms with Crippen LogP contribution in [0.2, 0.25) is 0 Å². The minimum atomic E-state index is -5.94. The van der Waals surface area contributed by atoms with Crippen molar-refractivity contribution in [2.45, 2.75) is 96.4 Å². The lowest BCUT2D eigenvalue weighted by Gasteiger charge is -2.58. The van der Waals surface area contributed by atoms with Gasteiger partial charge in [0.05, 0.1) is 6.61 Å². The number of carbonyl (C=O) groups excluding carboxylic acids is 4. The Bertz CT molecular complexity index is 1170. The van der Waals surface area contributed by atoms with Gasteiger partial charge in [-0.25, -0.2) is 4.39 Å². The second-order valence-electron chi connectivity index (χ2n) is 13.0. The quantitative estimate of drug-likeness (QED) is 0.300. The molecule has 1 N–H and O–H groups in total. The maximum absolute atomic E-state index is 13.8. The zero-order valence-electron chi connectivity index (χ0n) is 23.2. The largest absolute Gasteiger partial charge is 0.466 e. The number of ether oxygens (including phenoxy) is 1. The van der Waals surface area contributed by atoms with E-state index in [4.69, 9.17) is 9.29 Å². The summed E-state index contributed by atoms with van der Waals surface area (Å²) in [6.45, 7) is 5.26. The Morgan fingerprint density at radius 3 is 2.42 bits per heavy atom. The van der Waals surface area contributed by atoms with Gasteiger partial charge in [0.1, 0.15) is 17.3 Å². The molecule has 4 rings (SSSR count). The number of alkyl halides is 3. The van der Waals surface area contributed by atoms with Crippen molar-refractivity contribution < 1.29 is 50.1 Å². The Hall–Kier alpha value is -1.82. The van der Waals surface area contributed by atoms with Crippen LogP contribution in [0.3, 0.4) is 0 Å². The highest BCUT2D eigenvalue weighted by Crippen LogP contribution is 2.66. The van der Waals surface area contributed by atoms with Gasteiger partial charge in [-0.05, 0) is 60.7 Å². The molecular weight excluding hydrogens is 553 g/mol. The van der Waals surface area contributed by atoms with Crippen LogP contribution in [0.5, 0.6) is 0 Å². The summed E-state index contributed by atoms with van der Waals surface area (Å²) in [5, 5.41) is -5.00. The van der Waals surface area contributed by atoms with E-state index in [-0.39, 0.29) is 64.7 Å². The molecule has 0 heterocycles. The lowest BCUT2D eigenvalue weighted by Crippen LogP contribution is -2.60. The maximum atomic E-state index is 13.8. The lowest BCUT2D eigenvalue weighted by atomic mass is 9.44. The van der Waals surface area contributed by atoms with Crippen molar-refractivity contribution in [3.05, 3.63) is 0 Å². The Morgan fingerprint density at radius 2 is 1.77 bits per heavy atom. The molecule has 0 saturated heterocycles. The first-order valence-electron chi connectivity index (χ1n) is 14.2. The molecule has 12 heteroatoms. The predicted octanol–water partition coefficient (Wildman–Crippen LogP) is 4.74. The molecule has 226 valence electrons. The van der Waals surface area contributed by atoms with Crippen molar-refractivity contribution in [2.75, 3.05) is 6.61 Å². The number of ketones is 3. The molecule has 4 fully saturated rings. The predicted molar refractivity (Wildman–Crippen MR) is 136 cm³/mol. The van der Waals surface area contributed by atoms with Gasteiger partial charge in [-0.15, -0.1) is 0 Å². The van der Waals surface area contributed by atoms with Crippen LogP contribution in [-0.2, 0) is 34.0 Å². The third-order valence-electron chi connectivity index (χ3n) is 11.1. The number of carbonyl (C=O) groups is 4. The van der Waals surface area contributed by atoms with Crippen molar-refractivity contribution in [2.24, 2.45) is 46.3 Å². The number of hydrogen-bond acceptors (Lipinski definition) is 7. The molecule has 0 spiro atoms. The third-order valence-corrected chi connectivity index (χ3v) is 12.0. The zero-order chi connectivity index (χ0) is 29.8. The summed E-state index contributed by atoms with van der Waals surface area (Å²) >= 11 is 0. The van der Waals surface area contributed by atoms with Crippen molar-refractivity contribution in [3.8, 4) is 0 Å². The van der Waals surface area contributed by atoms with E-state index in [1.807, 2.05) is 13.8 Å². The summed E-state index contributed by atoms with van der Waals surface area (Å²) in [4.78, 5) is 51.6. The Balaban J connectivity index is 1.36. The van der Waals surface area contributed by atoms with Gasteiger partial charge in [-0.3, -0.25) is 23.7 Å². The smallest absolute Gasteiger partial charge is 0.400 e. The molecule has 0 radical (unpaired) electrons. The fraction of sp³-hybridized carbons (Fsp3) is 0.857. The van der Waals surface area contributed by atoms with Crippen molar-refractivity contribution in [1.82, 2.24) is 0 Å². The van der Waals surface area contributed by atoms with Crippen molar-refractivity contribution in [3.63, 3.8) is 0 Å². The van der Waals surface area contributed by atoms with Crippen LogP contribution in [0, 0.1) is 46.3 Å². The maximum Gasteiger partial charge on any atom is 0.400 e. The molecule has 0 aromatic carbocycles. The zero-order valence-corrected chi connectivity index (χ0v) is 24.0. The molecule has 40 heavy (non-hydrogen) atoms. The second-order valence-corrected chi connectivity index (χ2v) is 14.5. The summed E-state index contributed by atoms with van der Waals surface area (Å²) in [6, 6.07) is 0. The third kappa shape index (κ3) is 5.16. The molecule has 8 nitrogen and oxygen atoms in total. The second kappa shape index (κ2) is 10.8. The summed E-state index contributed by atoms with van der Waals surface area (Å²) in [5.41, 5.74) is -0.919. The first-order chi connectivity index (χ1) is 18.4. The SMILES string of the molecule is CC(CCC(=O)OCCC(F)C(F)(F)S(=O)(=O)O)C1CCC2C3C(=O)CC4CC(=O)CCC4(C)C3CC(=O)C12C. The van der Waals surface area contributed by atoms with E-state index in [1.54, 1.807) is 0 Å². The average molecular weight is 593 g/mol. The molecule has 4 aliphatic carbocycles. The van der Waals surface area contributed by atoms with Gasteiger partial charge in [0.15, 0.2) is 6.17 Å². The van der Waals surface area contributed by atoms with Gasteiger partial charge in [0.25, 0.3) is 0 Å². The number of hydrogen-bond donors (Lipinski definition) is 1. The molecule has 9 unspecified atom stereocenters. The van der Waals surface area contributed by atoms with E-state index in [9.17, 15) is 40.8 Å². The molecule has 0 bridgehead atoms. The van der Waals surface area contributed by atoms with Crippen LogP contribution in [0.15, 0.2) is 0 Å². The van der Waals surface area contributed by atoms with Gasteiger partial charge >= 0.3 is 21.3 Å². The topological polar surface area (TPSA) is 132 Å². The van der Waals surface area contributed by atoms with E-state index in [0.717, 1.165) is 12.8 Å². The van der Waals surface area contributed by atoms with Crippen LogP contribution in [0.1, 0.15) is 85.0 Å². The van der Waals surface area contributed by atoms with Gasteiger partial charge < -0.3 is 4.74 Å². The fourth-order valence-corrected chi connectivity index (χ4v) is 9.06. The molecule has 0 aliphatic heterocycles. The number of Topliss-reactive ketones (excluding diaryl/α,β-unsaturated/α-hetero) is 3. The number of esters is 1. The molecular formula is C28H39F3O8S. The van der Waals surface area contributed by atoms with E-state index < -0.39 is 46.0 Å². The van der Waals surface area contributed by atoms with E-state index >= 15 is 0 Å². The van der Waals surface area contributed by atoms with Crippen molar-refractivity contribution >= 4 is 33.4 Å². The molecule has 0 aromatic rings. The van der Waals surface area contributed by atoms with Crippen LogP contribution >= 0.6 is 0 Å². The molecule has 0 amide bonds. The van der Waals surface area contributed by atoms with E-state index in [2.05, 4.69) is 6.92 Å². The molecule has 9 atom stereocenters. The summed E-state index contributed by atoms with van der Waals surface area (Å²) in [7, 11) is -5.94. The van der Waals surface area contributed by atoms with Gasteiger partial charge in [-0.2, -0.15) is 17.2 Å². The van der Waals surface area contributed by atoms with Crippen LogP contribution in [0.4, 0.5) is 13.2 Å². The van der Waals surface area contributed by atoms with Crippen molar-refractivity contribution in [1.29, 1.82) is 0 Å².